The van der Waals surface area contributed by atoms with E-state index in [1.807, 2.05) is 18.2 Å². The molecule has 3 rings (SSSR count). The lowest BCUT2D eigenvalue weighted by Gasteiger charge is -2.31. The summed E-state index contributed by atoms with van der Waals surface area (Å²) in [5, 5.41) is 8.34. The van der Waals surface area contributed by atoms with Gasteiger partial charge in [-0.15, -0.1) is 0 Å². The number of hydrazone groups is 1. The first-order valence-corrected chi connectivity index (χ1v) is 9.48. The molecular weight excluding hydrogens is 328 g/mol. The van der Waals surface area contributed by atoms with Crippen molar-refractivity contribution < 1.29 is 9.59 Å². The van der Waals surface area contributed by atoms with E-state index >= 15 is 0 Å². The molecule has 1 aromatic rings. The van der Waals surface area contributed by atoms with Gasteiger partial charge in [0.1, 0.15) is 5.71 Å². The highest BCUT2D eigenvalue weighted by molar-refractivity contribution is 6.43. The lowest BCUT2D eigenvalue weighted by atomic mass is 9.94. The molecule has 1 saturated carbocycles. The number of anilines is 1. The molecule has 26 heavy (non-hydrogen) atoms. The molecule has 1 N–H and O–H groups in total. The molecule has 1 aliphatic carbocycles. The Morgan fingerprint density at radius 1 is 1.23 bits per heavy atom. The average Bonchev–Trinajstić information content (AvgIpc) is 2.66. The smallest absolute Gasteiger partial charge is 0.271 e. The van der Waals surface area contributed by atoms with Crippen molar-refractivity contribution in [2.45, 2.75) is 57.5 Å². The number of nitrogens with one attached hydrogen (secondary N) is 1. The predicted molar refractivity (Wildman–Crippen MR) is 103 cm³/mol. The number of hydrogen-bond donors (Lipinski definition) is 1. The van der Waals surface area contributed by atoms with Gasteiger partial charge in [0.25, 0.3) is 5.91 Å². The maximum atomic E-state index is 12.6. The van der Waals surface area contributed by atoms with E-state index in [1.54, 1.807) is 7.05 Å². The van der Waals surface area contributed by atoms with Crippen LogP contribution in [0.5, 0.6) is 0 Å². The van der Waals surface area contributed by atoms with Crippen molar-refractivity contribution in [2.75, 3.05) is 19.4 Å². The zero-order valence-corrected chi connectivity index (χ0v) is 15.7. The number of nitrogens with zero attached hydrogens (tertiary/aromatic N) is 3. The SMILES string of the molecule is CN1N=C(C(=O)Nc2ccccc2CN(C)C2CCCCC2)CCC1=O. The summed E-state index contributed by atoms with van der Waals surface area (Å²) in [4.78, 5) is 26.5. The molecule has 1 fully saturated rings. The lowest BCUT2D eigenvalue weighted by molar-refractivity contribution is -0.130. The van der Waals surface area contributed by atoms with Gasteiger partial charge in [-0.3, -0.25) is 14.5 Å². The van der Waals surface area contributed by atoms with Gasteiger partial charge in [-0.1, -0.05) is 37.5 Å². The zero-order chi connectivity index (χ0) is 18.5. The van der Waals surface area contributed by atoms with Crippen LogP contribution in [0.2, 0.25) is 0 Å². The highest BCUT2D eigenvalue weighted by Crippen LogP contribution is 2.25. The monoisotopic (exact) mass is 356 g/mol. The van der Waals surface area contributed by atoms with Gasteiger partial charge in [0, 0.05) is 38.2 Å². The minimum absolute atomic E-state index is 0.0592. The third kappa shape index (κ3) is 4.49. The van der Waals surface area contributed by atoms with Crippen molar-refractivity contribution in [3.63, 3.8) is 0 Å². The first-order valence-electron chi connectivity index (χ1n) is 9.48. The van der Waals surface area contributed by atoms with Crippen LogP contribution in [0.3, 0.4) is 0 Å². The molecule has 1 aromatic carbocycles. The number of benzene rings is 1. The fraction of sp³-hybridized carbons (Fsp3) is 0.550. The Morgan fingerprint density at radius 2 is 1.96 bits per heavy atom. The molecule has 0 radical (unpaired) electrons. The first kappa shape index (κ1) is 18.6. The van der Waals surface area contributed by atoms with Gasteiger partial charge >= 0.3 is 0 Å². The Bertz CT molecular complexity index is 695. The molecule has 6 nitrogen and oxygen atoms in total. The number of carbonyl (C=O) groups excluding carboxylic acids is 2. The van der Waals surface area contributed by atoms with Gasteiger partial charge in [0.05, 0.1) is 0 Å². The van der Waals surface area contributed by atoms with E-state index in [0.717, 1.165) is 17.8 Å². The fourth-order valence-corrected chi connectivity index (χ4v) is 3.73. The van der Waals surface area contributed by atoms with Crippen LogP contribution in [0, 0.1) is 0 Å². The third-order valence-electron chi connectivity index (χ3n) is 5.35. The zero-order valence-electron chi connectivity index (χ0n) is 15.7. The minimum atomic E-state index is -0.225. The molecule has 1 aliphatic heterocycles. The molecular formula is C20H28N4O2. The van der Waals surface area contributed by atoms with E-state index in [0.29, 0.717) is 24.6 Å². The summed E-state index contributed by atoms with van der Waals surface area (Å²) in [5.74, 6) is -0.284. The largest absolute Gasteiger partial charge is 0.321 e. The van der Waals surface area contributed by atoms with Gasteiger partial charge in [0.2, 0.25) is 5.91 Å². The number of para-hydroxylation sites is 1. The van der Waals surface area contributed by atoms with E-state index in [-0.39, 0.29) is 11.8 Å². The van der Waals surface area contributed by atoms with Crippen LogP contribution in [-0.2, 0) is 16.1 Å². The van der Waals surface area contributed by atoms with Crippen molar-refractivity contribution in [2.24, 2.45) is 5.10 Å². The molecule has 0 atom stereocenters. The molecule has 0 unspecified atom stereocenters. The second-order valence-corrected chi connectivity index (χ2v) is 7.28. The first-order chi connectivity index (χ1) is 12.5. The second-order valence-electron chi connectivity index (χ2n) is 7.28. The standard InChI is InChI=1S/C20H28N4O2/c1-23(16-9-4-3-5-10-16)14-15-8-6-7-11-17(15)21-20(26)18-12-13-19(25)24(2)22-18/h6-8,11,16H,3-5,9-10,12-14H2,1-2H3,(H,21,26). The maximum absolute atomic E-state index is 12.6. The van der Waals surface area contributed by atoms with E-state index in [9.17, 15) is 9.59 Å². The summed E-state index contributed by atoms with van der Waals surface area (Å²) in [6.45, 7) is 0.811. The van der Waals surface area contributed by atoms with Crippen LogP contribution < -0.4 is 5.32 Å². The lowest BCUT2D eigenvalue weighted by Crippen LogP contribution is -2.35. The molecule has 0 spiro atoms. The van der Waals surface area contributed by atoms with Crippen molar-refractivity contribution >= 4 is 23.2 Å². The average molecular weight is 356 g/mol. The number of amides is 2. The van der Waals surface area contributed by atoms with Crippen molar-refractivity contribution in [1.82, 2.24) is 9.91 Å². The Morgan fingerprint density at radius 3 is 2.69 bits per heavy atom. The van der Waals surface area contributed by atoms with Crippen molar-refractivity contribution in [3.8, 4) is 0 Å². The summed E-state index contributed by atoms with van der Waals surface area (Å²) in [6.07, 6.45) is 7.17. The van der Waals surface area contributed by atoms with Crippen molar-refractivity contribution in [1.29, 1.82) is 0 Å². The molecule has 0 bridgehead atoms. The van der Waals surface area contributed by atoms with Crippen LogP contribution in [0.4, 0.5) is 5.69 Å². The van der Waals surface area contributed by atoms with Crippen LogP contribution in [0.25, 0.3) is 0 Å². The summed E-state index contributed by atoms with van der Waals surface area (Å²) >= 11 is 0. The second kappa shape index (κ2) is 8.45. The fourth-order valence-electron chi connectivity index (χ4n) is 3.73. The quantitative estimate of drug-likeness (QED) is 0.882. The summed E-state index contributed by atoms with van der Waals surface area (Å²) in [6, 6.07) is 8.55. The molecule has 6 heteroatoms. The number of rotatable bonds is 5. The van der Waals surface area contributed by atoms with E-state index in [4.69, 9.17) is 0 Å². The number of carbonyl (C=O) groups is 2. The predicted octanol–water partition coefficient (Wildman–Crippen LogP) is 3.00. The summed E-state index contributed by atoms with van der Waals surface area (Å²) < 4.78 is 0. The molecule has 1 heterocycles. The maximum Gasteiger partial charge on any atom is 0.271 e. The van der Waals surface area contributed by atoms with Gasteiger partial charge < -0.3 is 5.32 Å². The van der Waals surface area contributed by atoms with Crippen LogP contribution in [0.15, 0.2) is 29.4 Å². The topological polar surface area (TPSA) is 65.0 Å². The third-order valence-corrected chi connectivity index (χ3v) is 5.35. The van der Waals surface area contributed by atoms with Gasteiger partial charge in [0.15, 0.2) is 0 Å². The Balaban J connectivity index is 1.68. The van der Waals surface area contributed by atoms with E-state index in [1.165, 1.54) is 37.1 Å². The van der Waals surface area contributed by atoms with Gasteiger partial charge in [-0.05, 0) is 31.5 Å². The van der Waals surface area contributed by atoms with Gasteiger partial charge in [-0.25, -0.2) is 5.01 Å². The number of hydrogen-bond acceptors (Lipinski definition) is 4. The van der Waals surface area contributed by atoms with E-state index in [2.05, 4.69) is 28.4 Å². The highest BCUT2D eigenvalue weighted by Gasteiger charge is 2.23. The molecule has 2 aliphatic rings. The Hall–Kier alpha value is -2.21. The summed E-state index contributed by atoms with van der Waals surface area (Å²) in [7, 11) is 3.75. The minimum Gasteiger partial charge on any atom is -0.321 e. The molecule has 0 saturated heterocycles. The van der Waals surface area contributed by atoms with E-state index < -0.39 is 0 Å². The van der Waals surface area contributed by atoms with Crippen LogP contribution in [0.1, 0.15) is 50.5 Å². The normalized spacial score (nSPS) is 18.8. The highest BCUT2D eigenvalue weighted by atomic mass is 16.2. The van der Waals surface area contributed by atoms with Crippen LogP contribution >= 0.6 is 0 Å². The molecule has 140 valence electrons. The van der Waals surface area contributed by atoms with Crippen molar-refractivity contribution in [3.05, 3.63) is 29.8 Å². The van der Waals surface area contributed by atoms with Crippen LogP contribution in [-0.4, -0.2) is 47.6 Å². The van der Waals surface area contributed by atoms with Gasteiger partial charge in [-0.2, -0.15) is 5.10 Å². The molecule has 2 amide bonds. The summed E-state index contributed by atoms with van der Waals surface area (Å²) in [5.41, 5.74) is 2.33. The Kier molecular flexibility index (Phi) is 6.04. The molecule has 0 aromatic heterocycles. The Labute approximate surface area is 155 Å².